The highest BCUT2D eigenvalue weighted by atomic mass is 79.9. The van der Waals surface area contributed by atoms with Crippen LogP contribution >= 0.6 is 27.5 Å². The van der Waals surface area contributed by atoms with E-state index in [2.05, 4.69) is 21.2 Å². The van der Waals surface area contributed by atoms with Crippen LogP contribution in [0.4, 0.5) is 0 Å². The van der Waals surface area contributed by atoms with Crippen molar-refractivity contribution in [3.05, 3.63) is 99.0 Å². The Kier molecular flexibility index (Phi) is 9.64. The molecule has 0 aliphatic heterocycles. The predicted octanol–water partition coefficient (Wildman–Crippen LogP) is 6.49. The van der Waals surface area contributed by atoms with Gasteiger partial charge >= 0.3 is 0 Å². The van der Waals surface area contributed by atoms with Crippen molar-refractivity contribution in [3.8, 4) is 5.75 Å². The molecule has 1 fully saturated rings. The highest BCUT2D eigenvalue weighted by molar-refractivity contribution is 9.10. The van der Waals surface area contributed by atoms with Gasteiger partial charge in [-0.2, -0.15) is 0 Å². The monoisotopic (exact) mass is 582 g/mol. The Hall–Kier alpha value is -2.83. The number of rotatable bonds is 10. The summed E-state index contributed by atoms with van der Waals surface area (Å²) in [4.78, 5) is 29.1. The number of carbonyl (C=O) groups excluding carboxylic acids is 2. The number of nitrogens with zero attached hydrogens (tertiary/aromatic N) is 1. The molecule has 4 rings (SSSR count). The van der Waals surface area contributed by atoms with Crippen molar-refractivity contribution < 1.29 is 14.3 Å². The van der Waals surface area contributed by atoms with Crippen LogP contribution in [-0.2, 0) is 22.6 Å². The van der Waals surface area contributed by atoms with Crippen molar-refractivity contribution in [2.45, 2.75) is 57.7 Å². The first-order valence-electron chi connectivity index (χ1n) is 12.7. The van der Waals surface area contributed by atoms with Crippen LogP contribution in [0.1, 0.15) is 42.4 Å². The van der Waals surface area contributed by atoms with Crippen LogP contribution in [0, 0.1) is 6.92 Å². The van der Waals surface area contributed by atoms with Crippen LogP contribution in [0.25, 0.3) is 0 Å². The zero-order valence-corrected chi connectivity index (χ0v) is 23.3. The average Bonchev–Trinajstić information content (AvgIpc) is 3.40. The third-order valence-corrected chi connectivity index (χ3v) is 7.55. The second-order valence-corrected chi connectivity index (χ2v) is 10.9. The first-order valence-corrected chi connectivity index (χ1v) is 13.8. The predicted molar refractivity (Wildman–Crippen MR) is 151 cm³/mol. The van der Waals surface area contributed by atoms with E-state index in [1.165, 1.54) is 0 Å². The minimum atomic E-state index is -0.672. The molecule has 37 heavy (non-hydrogen) atoms. The number of nitrogens with one attached hydrogen (secondary N) is 1. The molecular weight excluding hydrogens is 552 g/mol. The second-order valence-electron chi connectivity index (χ2n) is 9.57. The molecule has 0 heterocycles. The average molecular weight is 584 g/mol. The molecule has 1 aliphatic carbocycles. The van der Waals surface area contributed by atoms with Crippen LogP contribution in [0.2, 0.25) is 5.02 Å². The summed E-state index contributed by atoms with van der Waals surface area (Å²) in [5, 5.41) is 3.79. The Morgan fingerprint density at radius 3 is 2.41 bits per heavy atom. The lowest BCUT2D eigenvalue weighted by Crippen LogP contribution is -2.53. The van der Waals surface area contributed by atoms with Crippen molar-refractivity contribution in [2.75, 3.05) is 6.61 Å². The summed E-state index contributed by atoms with van der Waals surface area (Å²) >= 11 is 9.49. The molecule has 194 valence electrons. The second kappa shape index (κ2) is 13.1. The molecule has 1 atom stereocenters. The molecule has 1 aliphatic rings. The fourth-order valence-electron chi connectivity index (χ4n) is 4.63. The lowest BCUT2D eigenvalue weighted by Gasteiger charge is -2.32. The highest BCUT2D eigenvalue weighted by Crippen LogP contribution is 2.28. The summed E-state index contributed by atoms with van der Waals surface area (Å²) in [6.07, 6.45) is 4.60. The molecule has 7 heteroatoms. The largest absolute Gasteiger partial charge is 0.483 e. The van der Waals surface area contributed by atoms with Gasteiger partial charge in [0.25, 0.3) is 5.91 Å². The maximum absolute atomic E-state index is 13.7. The van der Waals surface area contributed by atoms with Gasteiger partial charge in [0, 0.05) is 24.0 Å². The summed E-state index contributed by atoms with van der Waals surface area (Å²) in [7, 11) is 0. The van der Waals surface area contributed by atoms with E-state index < -0.39 is 6.04 Å². The zero-order valence-electron chi connectivity index (χ0n) is 21.0. The van der Waals surface area contributed by atoms with Crippen LogP contribution in [0.3, 0.4) is 0 Å². The minimum absolute atomic E-state index is 0.121. The third-order valence-electron chi connectivity index (χ3n) is 6.69. The Bertz CT molecular complexity index is 1200. The Labute approximate surface area is 232 Å². The SMILES string of the molecule is Cc1ccc(CN(C(=O)COc2ccc(Cl)cc2Br)[C@@H](Cc2ccccc2)C(=O)NC2CCCC2)cc1. The number of amides is 2. The summed E-state index contributed by atoms with van der Waals surface area (Å²) in [5.74, 6) is 0.136. The van der Waals surface area contributed by atoms with E-state index in [0.29, 0.717) is 28.2 Å². The van der Waals surface area contributed by atoms with E-state index in [4.69, 9.17) is 16.3 Å². The summed E-state index contributed by atoms with van der Waals surface area (Å²) in [6, 6.07) is 22.5. The highest BCUT2D eigenvalue weighted by Gasteiger charge is 2.32. The molecule has 0 unspecified atom stereocenters. The van der Waals surface area contributed by atoms with Crippen LogP contribution in [0.5, 0.6) is 5.75 Å². The van der Waals surface area contributed by atoms with Crippen molar-refractivity contribution in [1.82, 2.24) is 10.2 Å². The first kappa shape index (κ1) is 27.2. The normalized spacial score (nSPS) is 14.2. The number of aryl methyl sites for hydroxylation is 1. The van der Waals surface area contributed by atoms with Gasteiger partial charge in [-0.3, -0.25) is 9.59 Å². The number of benzene rings is 3. The molecule has 1 N–H and O–H groups in total. The van der Waals surface area contributed by atoms with Crippen molar-refractivity contribution in [2.24, 2.45) is 0 Å². The van der Waals surface area contributed by atoms with E-state index >= 15 is 0 Å². The molecule has 0 bridgehead atoms. The number of hydrogen-bond donors (Lipinski definition) is 1. The third kappa shape index (κ3) is 7.83. The van der Waals surface area contributed by atoms with Gasteiger partial charge in [0.05, 0.1) is 4.47 Å². The maximum atomic E-state index is 13.7. The van der Waals surface area contributed by atoms with Gasteiger partial charge in [0.1, 0.15) is 11.8 Å². The molecule has 0 aromatic heterocycles. The molecule has 0 saturated heterocycles. The van der Waals surface area contributed by atoms with Gasteiger partial charge in [-0.15, -0.1) is 0 Å². The Morgan fingerprint density at radius 2 is 1.73 bits per heavy atom. The molecule has 3 aromatic carbocycles. The molecule has 2 amide bonds. The number of halogens is 2. The van der Waals surface area contributed by atoms with Gasteiger partial charge in [0.15, 0.2) is 6.61 Å². The maximum Gasteiger partial charge on any atom is 0.261 e. The van der Waals surface area contributed by atoms with E-state index in [1.807, 2.05) is 61.5 Å². The summed E-state index contributed by atoms with van der Waals surface area (Å²) < 4.78 is 6.54. The molecule has 0 radical (unpaired) electrons. The molecule has 1 saturated carbocycles. The topological polar surface area (TPSA) is 58.6 Å². The molecule has 3 aromatic rings. The van der Waals surface area contributed by atoms with Crippen molar-refractivity contribution in [1.29, 1.82) is 0 Å². The quantitative estimate of drug-likeness (QED) is 0.297. The first-order chi connectivity index (χ1) is 17.9. The minimum Gasteiger partial charge on any atom is -0.483 e. The number of ether oxygens (including phenoxy) is 1. The molecule has 0 spiro atoms. The van der Waals surface area contributed by atoms with Crippen molar-refractivity contribution >= 4 is 39.3 Å². The number of carbonyl (C=O) groups is 2. The Morgan fingerprint density at radius 1 is 1.03 bits per heavy atom. The van der Waals surface area contributed by atoms with E-state index in [9.17, 15) is 9.59 Å². The van der Waals surface area contributed by atoms with Crippen LogP contribution in [0.15, 0.2) is 77.3 Å². The van der Waals surface area contributed by atoms with Crippen LogP contribution in [-0.4, -0.2) is 35.4 Å². The molecule has 5 nitrogen and oxygen atoms in total. The summed E-state index contributed by atoms with van der Waals surface area (Å²) in [6.45, 7) is 2.13. The van der Waals surface area contributed by atoms with Gasteiger partial charge in [-0.1, -0.05) is 84.6 Å². The van der Waals surface area contributed by atoms with Gasteiger partial charge in [-0.25, -0.2) is 0 Å². The standard InChI is InChI=1S/C30H32BrClN2O3/c1-21-11-13-23(14-12-21)19-34(29(35)20-37-28-16-15-24(32)18-26(28)31)27(17-22-7-3-2-4-8-22)30(36)33-25-9-5-6-10-25/h2-4,7-8,11-16,18,25,27H,5-6,9-10,17,19-20H2,1H3,(H,33,36)/t27-/m0/s1. The van der Waals surface area contributed by atoms with Crippen LogP contribution < -0.4 is 10.1 Å². The Balaban J connectivity index is 1.61. The van der Waals surface area contributed by atoms with E-state index in [0.717, 1.165) is 42.4 Å². The fraction of sp³-hybridized carbons (Fsp3) is 0.333. The van der Waals surface area contributed by atoms with Gasteiger partial charge < -0.3 is 15.0 Å². The lowest BCUT2D eigenvalue weighted by molar-refractivity contribution is -0.143. The lowest BCUT2D eigenvalue weighted by atomic mass is 10.0. The smallest absolute Gasteiger partial charge is 0.261 e. The zero-order chi connectivity index (χ0) is 26.2. The fourth-order valence-corrected chi connectivity index (χ4v) is 5.42. The van der Waals surface area contributed by atoms with Gasteiger partial charge in [-0.05, 0) is 65.0 Å². The van der Waals surface area contributed by atoms with E-state index in [1.54, 1.807) is 23.1 Å². The number of hydrogen-bond acceptors (Lipinski definition) is 3. The van der Waals surface area contributed by atoms with Gasteiger partial charge in [0.2, 0.25) is 5.91 Å². The van der Waals surface area contributed by atoms with E-state index in [-0.39, 0.29) is 24.5 Å². The van der Waals surface area contributed by atoms with Crippen molar-refractivity contribution in [3.63, 3.8) is 0 Å². The summed E-state index contributed by atoms with van der Waals surface area (Å²) in [5.41, 5.74) is 3.09. The molecular formula is C30H32BrClN2O3.